The van der Waals surface area contributed by atoms with Crippen molar-refractivity contribution in [2.75, 3.05) is 5.73 Å². The Labute approximate surface area is 95.9 Å². The highest BCUT2D eigenvalue weighted by atomic mass is 15.3. The summed E-state index contributed by atoms with van der Waals surface area (Å²) < 4.78 is 2.03. The summed E-state index contributed by atoms with van der Waals surface area (Å²) in [7, 11) is 0. The summed E-state index contributed by atoms with van der Waals surface area (Å²) >= 11 is 0. The second-order valence-corrected chi connectivity index (χ2v) is 4.31. The first-order chi connectivity index (χ1) is 7.59. The third kappa shape index (κ3) is 1.81. The fourth-order valence-corrected chi connectivity index (χ4v) is 1.93. The van der Waals surface area contributed by atoms with Crippen molar-refractivity contribution in [3.05, 3.63) is 36.2 Å². The lowest BCUT2D eigenvalue weighted by molar-refractivity contribution is 0.519. The number of anilines is 1. The van der Waals surface area contributed by atoms with Gasteiger partial charge in [-0.2, -0.15) is 5.10 Å². The first-order valence-electron chi connectivity index (χ1n) is 5.49. The zero-order valence-electron chi connectivity index (χ0n) is 9.94. The normalized spacial score (nSPS) is 11.0. The predicted octanol–water partition coefficient (Wildman–Crippen LogP) is 3.02. The second-order valence-electron chi connectivity index (χ2n) is 4.31. The molecule has 0 aliphatic carbocycles. The van der Waals surface area contributed by atoms with Gasteiger partial charge in [-0.1, -0.05) is 12.1 Å². The Morgan fingerprint density at radius 3 is 2.62 bits per heavy atom. The van der Waals surface area contributed by atoms with Crippen molar-refractivity contribution >= 4 is 5.69 Å². The maximum atomic E-state index is 5.79. The average molecular weight is 215 g/mol. The van der Waals surface area contributed by atoms with Gasteiger partial charge in [0, 0.05) is 23.0 Å². The molecule has 0 amide bonds. The molecule has 0 bridgehead atoms. The highest BCUT2D eigenvalue weighted by Gasteiger charge is 2.10. The number of hydrogen-bond acceptors (Lipinski definition) is 2. The maximum absolute atomic E-state index is 5.79. The molecule has 0 unspecified atom stereocenters. The molecule has 0 spiro atoms. The lowest BCUT2D eigenvalue weighted by atomic mass is 10.1. The molecule has 1 aromatic carbocycles. The van der Waals surface area contributed by atoms with E-state index in [1.54, 1.807) is 0 Å². The van der Waals surface area contributed by atoms with Crippen LogP contribution in [0.5, 0.6) is 0 Å². The van der Waals surface area contributed by atoms with E-state index in [2.05, 4.69) is 31.9 Å². The SMILES string of the molecule is Cc1c(-c2cccc(N)c2)cnn1C(C)C. The molecule has 0 aliphatic rings. The summed E-state index contributed by atoms with van der Waals surface area (Å²) in [5.74, 6) is 0. The first kappa shape index (κ1) is 10.7. The molecule has 84 valence electrons. The van der Waals surface area contributed by atoms with Crippen LogP contribution in [0.15, 0.2) is 30.5 Å². The second kappa shape index (κ2) is 4.00. The van der Waals surface area contributed by atoms with E-state index in [9.17, 15) is 0 Å². The van der Waals surface area contributed by atoms with Crippen molar-refractivity contribution in [2.24, 2.45) is 0 Å². The van der Waals surface area contributed by atoms with Crippen LogP contribution in [-0.4, -0.2) is 9.78 Å². The third-order valence-corrected chi connectivity index (χ3v) is 2.73. The Kier molecular flexibility index (Phi) is 2.69. The molecule has 3 heteroatoms. The molecule has 0 fully saturated rings. The van der Waals surface area contributed by atoms with E-state index in [-0.39, 0.29) is 0 Å². The molecule has 2 aromatic rings. The Hall–Kier alpha value is -1.77. The largest absolute Gasteiger partial charge is 0.399 e. The van der Waals surface area contributed by atoms with E-state index in [4.69, 9.17) is 5.73 Å². The number of nitrogen functional groups attached to an aromatic ring is 1. The lowest BCUT2D eigenvalue weighted by Crippen LogP contribution is -2.04. The van der Waals surface area contributed by atoms with Gasteiger partial charge in [0.1, 0.15) is 0 Å². The zero-order chi connectivity index (χ0) is 11.7. The zero-order valence-corrected chi connectivity index (χ0v) is 9.94. The molecule has 0 radical (unpaired) electrons. The number of nitrogens with zero attached hydrogens (tertiary/aromatic N) is 2. The van der Waals surface area contributed by atoms with E-state index >= 15 is 0 Å². The number of nitrogens with two attached hydrogens (primary N) is 1. The molecule has 0 saturated carbocycles. The molecule has 0 saturated heterocycles. The summed E-state index contributed by atoms with van der Waals surface area (Å²) in [5, 5.41) is 4.40. The molecular weight excluding hydrogens is 198 g/mol. The van der Waals surface area contributed by atoms with Crippen LogP contribution >= 0.6 is 0 Å². The van der Waals surface area contributed by atoms with Gasteiger partial charge in [-0.05, 0) is 38.5 Å². The van der Waals surface area contributed by atoms with Crippen LogP contribution < -0.4 is 5.73 Å². The fourth-order valence-electron chi connectivity index (χ4n) is 1.93. The minimum absolute atomic E-state index is 0.384. The van der Waals surface area contributed by atoms with Crippen LogP contribution in [-0.2, 0) is 0 Å². The van der Waals surface area contributed by atoms with Crippen molar-refractivity contribution in [1.82, 2.24) is 9.78 Å². The van der Waals surface area contributed by atoms with Gasteiger partial charge in [0.25, 0.3) is 0 Å². The smallest absolute Gasteiger partial charge is 0.0571 e. The molecule has 3 nitrogen and oxygen atoms in total. The lowest BCUT2D eigenvalue weighted by Gasteiger charge is -2.09. The van der Waals surface area contributed by atoms with Crippen molar-refractivity contribution in [3.63, 3.8) is 0 Å². The Balaban J connectivity index is 2.49. The highest BCUT2D eigenvalue weighted by Crippen LogP contribution is 2.25. The van der Waals surface area contributed by atoms with Crippen LogP contribution in [0.1, 0.15) is 25.6 Å². The van der Waals surface area contributed by atoms with E-state index in [0.717, 1.165) is 16.8 Å². The Morgan fingerprint density at radius 1 is 1.31 bits per heavy atom. The molecular formula is C13H17N3. The number of hydrogen-bond donors (Lipinski definition) is 1. The van der Waals surface area contributed by atoms with Crippen molar-refractivity contribution in [2.45, 2.75) is 26.8 Å². The predicted molar refractivity (Wildman–Crippen MR) is 67.2 cm³/mol. The Morgan fingerprint density at radius 2 is 2.06 bits per heavy atom. The van der Waals surface area contributed by atoms with Gasteiger partial charge in [-0.25, -0.2) is 0 Å². The van der Waals surface area contributed by atoms with Gasteiger partial charge >= 0.3 is 0 Å². The highest BCUT2D eigenvalue weighted by molar-refractivity contribution is 5.68. The van der Waals surface area contributed by atoms with Gasteiger partial charge in [0.15, 0.2) is 0 Å². The number of benzene rings is 1. The molecule has 16 heavy (non-hydrogen) atoms. The van der Waals surface area contributed by atoms with Crippen molar-refractivity contribution in [1.29, 1.82) is 0 Å². The van der Waals surface area contributed by atoms with Crippen molar-refractivity contribution < 1.29 is 0 Å². The van der Waals surface area contributed by atoms with Crippen LogP contribution in [0.4, 0.5) is 5.69 Å². The van der Waals surface area contributed by atoms with E-state index in [1.165, 1.54) is 5.69 Å². The van der Waals surface area contributed by atoms with Gasteiger partial charge in [-0.15, -0.1) is 0 Å². The molecule has 0 atom stereocenters. The molecule has 2 N–H and O–H groups in total. The maximum Gasteiger partial charge on any atom is 0.0571 e. The first-order valence-corrected chi connectivity index (χ1v) is 5.49. The fraction of sp³-hybridized carbons (Fsp3) is 0.308. The van der Waals surface area contributed by atoms with E-state index in [1.807, 2.05) is 29.1 Å². The summed E-state index contributed by atoms with van der Waals surface area (Å²) in [5.41, 5.74) is 10.0. The van der Waals surface area contributed by atoms with Gasteiger partial charge in [0.05, 0.1) is 6.20 Å². The molecule has 1 aromatic heterocycles. The number of rotatable bonds is 2. The van der Waals surface area contributed by atoms with Crippen LogP contribution in [0.2, 0.25) is 0 Å². The summed E-state index contributed by atoms with van der Waals surface area (Å²) in [4.78, 5) is 0. The van der Waals surface area contributed by atoms with E-state index in [0.29, 0.717) is 6.04 Å². The molecule has 1 heterocycles. The minimum Gasteiger partial charge on any atom is -0.399 e. The van der Waals surface area contributed by atoms with Gasteiger partial charge in [-0.3, -0.25) is 4.68 Å². The van der Waals surface area contributed by atoms with Crippen molar-refractivity contribution in [3.8, 4) is 11.1 Å². The topological polar surface area (TPSA) is 43.8 Å². The van der Waals surface area contributed by atoms with Gasteiger partial charge in [0.2, 0.25) is 0 Å². The number of aromatic nitrogens is 2. The van der Waals surface area contributed by atoms with E-state index < -0.39 is 0 Å². The van der Waals surface area contributed by atoms with Gasteiger partial charge < -0.3 is 5.73 Å². The monoisotopic (exact) mass is 215 g/mol. The summed E-state index contributed by atoms with van der Waals surface area (Å²) in [6, 6.07) is 8.29. The molecule has 0 aliphatic heterocycles. The quantitative estimate of drug-likeness (QED) is 0.782. The van der Waals surface area contributed by atoms with Crippen LogP contribution in [0.25, 0.3) is 11.1 Å². The van der Waals surface area contributed by atoms with Crippen LogP contribution in [0, 0.1) is 6.92 Å². The average Bonchev–Trinajstić information content (AvgIpc) is 2.60. The Bertz CT molecular complexity index is 498. The summed E-state index contributed by atoms with van der Waals surface area (Å²) in [6.07, 6.45) is 1.91. The standard InChI is InChI=1S/C13H17N3/c1-9(2)16-10(3)13(8-15-16)11-5-4-6-12(14)7-11/h4-9H,14H2,1-3H3. The third-order valence-electron chi connectivity index (χ3n) is 2.73. The molecule has 2 rings (SSSR count). The minimum atomic E-state index is 0.384. The van der Waals surface area contributed by atoms with Crippen LogP contribution in [0.3, 0.4) is 0 Å². The summed E-state index contributed by atoms with van der Waals surface area (Å²) in [6.45, 7) is 6.35.